The van der Waals surface area contributed by atoms with Gasteiger partial charge in [0, 0.05) is 5.56 Å². The summed E-state index contributed by atoms with van der Waals surface area (Å²) in [6.45, 7) is 0. The molecule has 0 saturated heterocycles. The number of rotatable bonds is 2. The van der Waals surface area contributed by atoms with Gasteiger partial charge in [-0.15, -0.1) is 0 Å². The zero-order valence-electron chi connectivity index (χ0n) is 12.2. The van der Waals surface area contributed by atoms with E-state index in [1.807, 2.05) is 24.3 Å². The average Bonchev–Trinajstić information content (AvgIpc) is 2.56. The van der Waals surface area contributed by atoms with Crippen LogP contribution >= 0.6 is 12.2 Å². The van der Waals surface area contributed by atoms with E-state index in [2.05, 4.69) is 28.8 Å². The third-order valence-electron chi connectivity index (χ3n) is 3.94. The van der Waals surface area contributed by atoms with Crippen LogP contribution in [0.1, 0.15) is 40.4 Å². The zero-order valence-corrected chi connectivity index (χ0v) is 13.0. The number of hydrogen-bond acceptors (Lipinski definition) is 2. The standard InChI is InChI=1S/C18H18N2OS/c21-17(14-8-2-1-3-9-14)20-18(22)19-16-12-6-10-13-7-4-5-11-15(13)16/h1-5,7-9,11,16H,6,10,12H2,(H2,19,20,21,22). The first-order valence-electron chi connectivity index (χ1n) is 7.49. The first-order valence-corrected chi connectivity index (χ1v) is 7.89. The van der Waals surface area contributed by atoms with Crippen molar-refractivity contribution in [2.75, 3.05) is 0 Å². The molecular weight excluding hydrogens is 292 g/mol. The third kappa shape index (κ3) is 3.34. The predicted molar refractivity (Wildman–Crippen MR) is 91.8 cm³/mol. The number of aryl methyl sites for hydroxylation is 1. The molecular formula is C18H18N2OS. The van der Waals surface area contributed by atoms with E-state index in [1.165, 1.54) is 11.1 Å². The second-order valence-electron chi connectivity index (χ2n) is 5.44. The summed E-state index contributed by atoms with van der Waals surface area (Å²) in [5.41, 5.74) is 3.25. The quantitative estimate of drug-likeness (QED) is 0.836. The van der Waals surface area contributed by atoms with Gasteiger partial charge in [0.25, 0.3) is 5.91 Å². The Morgan fingerprint density at radius 3 is 2.59 bits per heavy atom. The van der Waals surface area contributed by atoms with Crippen molar-refractivity contribution in [1.29, 1.82) is 0 Å². The Labute approximate surface area is 135 Å². The average molecular weight is 310 g/mol. The smallest absolute Gasteiger partial charge is 0.257 e. The van der Waals surface area contributed by atoms with Crippen LogP contribution in [0, 0.1) is 0 Å². The maximum absolute atomic E-state index is 12.1. The van der Waals surface area contributed by atoms with Gasteiger partial charge in [-0.1, -0.05) is 42.5 Å². The summed E-state index contributed by atoms with van der Waals surface area (Å²) >= 11 is 5.30. The fourth-order valence-corrected chi connectivity index (χ4v) is 3.10. The van der Waals surface area contributed by atoms with E-state index in [0.717, 1.165) is 19.3 Å². The number of fused-ring (bicyclic) bond motifs is 1. The summed E-state index contributed by atoms with van der Waals surface area (Å²) in [4.78, 5) is 12.1. The molecule has 3 nitrogen and oxygen atoms in total. The molecule has 2 aromatic carbocycles. The molecule has 1 atom stereocenters. The number of thiocarbonyl (C=S) groups is 1. The third-order valence-corrected chi connectivity index (χ3v) is 4.16. The van der Waals surface area contributed by atoms with Gasteiger partial charge in [-0.25, -0.2) is 0 Å². The van der Waals surface area contributed by atoms with Crippen LogP contribution in [0.25, 0.3) is 0 Å². The van der Waals surface area contributed by atoms with Crippen molar-refractivity contribution in [3.8, 4) is 0 Å². The highest BCUT2D eigenvalue weighted by atomic mass is 32.1. The fourth-order valence-electron chi connectivity index (χ4n) is 2.86. The van der Waals surface area contributed by atoms with E-state index < -0.39 is 0 Å². The van der Waals surface area contributed by atoms with Gasteiger partial charge in [0.1, 0.15) is 0 Å². The van der Waals surface area contributed by atoms with Gasteiger partial charge in [-0.2, -0.15) is 0 Å². The van der Waals surface area contributed by atoms with Crippen LogP contribution in [0.4, 0.5) is 0 Å². The Balaban J connectivity index is 1.65. The zero-order chi connectivity index (χ0) is 15.4. The summed E-state index contributed by atoms with van der Waals surface area (Å²) in [6, 6.07) is 17.7. The van der Waals surface area contributed by atoms with Crippen LogP contribution in [-0.4, -0.2) is 11.0 Å². The van der Waals surface area contributed by atoms with E-state index >= 15 is 0 Å². The summed E-state index contributed by atoms with van der Waals surface area (Å²) in [7, 11) is 0. The number of carbonyl (C=O) groups is 1. The molecule has 0 fully saturated rings. The van der Waals surface area contributed by atoms with Crippen LogP contribution < -0.4 is 10.6 Å². The number of hydrogen-bond donors (Lipinski definition) is 2. The molecule has 3 rings (SSSR count). The van der Waals surface area contributed by atoms with Crippen LogP contribution in [-0.2, 0) is 6.42 Å². The Morgan fingerprint density at radius 2 is 1.77 bits per heavy atom. The fraction of sp³-hybridized carbons (Fsp3) is 0.222. The van der Waals surface area contributed by atoms with Crippen molar-refractivity contribution in [3.05, 3.63) is 71.3 Å². The molecule has 0 spiro atoms. The number of benzene rings is 2. The molecule has 1 amide bonds. The molecule has 2 N–H and O–H groups in total. The molecule has 22 heavy (non-hydrogen) atoms. The first kappa shape index (κ1) is 14.7. The van der Waals surface area contributed by atoms with Crippen molar-refractivity contribution in [3.63, 3.8) is 0 Å². The Bertz CT molecular complexity index is 684. The SMILES string of the molecule is O=C(NC(=S)NC1CCCc2ccccc21)c1ccccc1. The maximum Gasteiger partial charge on any atom is 0.257 e. The van der Waals surface area contributed by atoms with Gasteiger partial charge in [-0.3, -0.25) is 10.1 Å². The lowest BCUT2D eigenvalue weighted by Crippen LogP contribution is -2.41. The Kier molecular flexibility index (Phi) is 4.49. The highest BCUT2D eigenvalue weighted by Gasteiger charge is 2.20. The van der Waals surface area contributed by atoms with Crippen molar-refractivity contribution in [2.24, 2.45) is 0 Å². The second kappa shape index (κ2) is 6.71. The Hall–Kier alpha value is -2.20. The summed E-state index contributed by atoms with van der Waals surface area (Å²) < 4.78 is 0. The van der Waals surface area contributed by atoms with Crippen molar-refractivity contribution in [2.45, 2.75) is 25.3 Å². The highest BCUT2D eigenvalue weighted by Crippen LogP contribution is 2.29. The molecule has 0 bridgehead atoms. The van der Waals surface area contributed by atoms with Gasteiger partial charge in [0.15, 0.2) is 5.11 Å². The monoisotopic (exact) mass is 310 g/mol. The van der Waals surface area contributed by atoms with Gasteiger partial charge >= 0.3 is 0 Å². The van der Waals surface area contributed by atoms with E-state index in [1.54, 1.807) is 12.1 Å². The molecule has 1 aliphatic carbocycles. The number of amides is 1. The highest BCUT2D eigenvalue weighted by molar-refractivity contribution is 7.80. The minimum Gasteiger partial charge on any atom is -0.356 e. The maximum atomic E-state index is 12.1. The van der Waals surface area contributed by atoms with Crippen LogP contribution in [0.2, 0.25) is 0 Å². The van der Waals surface area contributed by atoms with Gasteiger partial charge < -0.3 is 5.32 Å². The first-order chi connectivity index (χ1) is 10.7. The van der Waals surface area contributed by atoms with E-state index in [4.69, 9.17) is 12.2 Å². The normalized spacial score (nSPS) is 16.5. The lowest BCUT2D eigenvalue weighted by Gasteiger charge is -2.27. The molecule has 0 aliphatic heterocycles. The van der Waals surface area contributed by atoms with Gasteiger partial charge in [-0.05, 0) is 54.7 Å². The lowest BCUT2D eigenvalue weighted by molar-refractivity contribution is 0.0976. The molecule has 0 heterocycles. The number of carbonyl (C=O) groups excluding carboxylic acids is 1. The van der Waals surface area contributed by atoms with Gasteiger partial charge in [0.2, 0.25) is 0 Å². The molecule has 1 aliphatic rings. The van der Waals surface area contributed by atoms with Crippen LogP contribution in [0.15, 0.2) is 54.6 Å². The minimum absolute atomic E-state index is 0.175. The van der Waals surface area contributed by atoms with Crippen molar-refractivity contribution >= 4 is 23.2 Å². The van der Waals surface area contributed by atoms with Crippen molar-refractivity contribution < 1.29 is 4.79 Å². The summed E-state index contributed by atoms with van der Waals surface area (Å²) in [6.07, 6.45) is 3.26. The molecule has 0 aromatic heterocycles. The van der Waals surface area contributed by atoms with Crippen LogP contribution in [0.3, 0.4) is 0 Å². The molecule has 112 valence electrons. The van der Waals surface area contributed by atoms with E-state index in [9.17, 15) is 4.79 Å². The molecule has 2 aromatic rings. The largest absolute Gasteiger partial charge is 0.356 e. The molecule has 0 saturated carbocycles. The van der Waals surface area contributed by atoms with Gasteiger partial charge in [0.05, 0.1) is 6.04 Å². The summed E-state index contributed by atoms with van der Waals surface area (Å²) in [5, 5.41) is 6.42. The molecule has 1 unspecified atom stereocenters. The predicted octanol–water partition coefficient (Wildman–Crippen LogP) is 3.37. The van der Waals surface area contributed by atoms with Crippen LogP contribution in [0.5, 0.6) is 0 Å². The van der Waals surface area contributed by atoms with Crippen molar-refractivity contribution in [1.82, 2.24) is 10.6 Å². The Morgan fingerprint density at radius 1 is 1.05 bits per heavy atom. The van der Waals surface area contributed by atoms with E-state index in [-0.39, 0.29) is 11.9 Å². The lowest BCUT2D eigenvalue weighted by atomic mass is 9.88. The van der Waals surface area contributed by atoms with E-state index in [0.29, 0.717) is 10.7 Å². The number of nitrogens with one attached hydrogen (secondary N) is 2. The molecule has 0 radical (unpaired) electrons. The molecule has 4 heteroatoms. The summed E-state index contributed by atoms with van der Waals surface area (Å²) in [5.74, 6) is -0.179. The topological polar surface area (TPSA) is 41.1 Å². The minimum atomic E-state index is -0.179. The second-order valence-corrected chi connectivity index (χ2v) is 5.85.